The highest BCUT2D eigenvalue weighted by Crippen LogP contribution is 2.20. The number of benzene rings is 2. The number of unbranched alkanes of at least 4 members (excludes halogenated alkanes) is 1. The molecular formula is C25H33ClN2O3. The molecule has 0 aliphatic heterocycles. The van der Waals surface area contributed by atoms with Crippen molar-refractivity contribution in [2.45, 2.75) is 58.5 Å². The minimum absolute atomic E-state index is 0.0749. The summed E-state index contributed by atoms with van der Waals surface area (Å²) < 4.78 is 5.70. The van der Waals surface area contributed by atoms with Gasteiger partial charge in [-0.1, -0.05) is 68.3 Å². The Bertz CT molecular complexity index is 813. The summed E-state index contributed by atoms with van der Waals surface area (Å²) in [4.78, 5) is 27.6. The number of hydrogen-bond donors (Lipinski definition) is 1. The maximum absolute atomic E-state index is 13.2. The van der Waals surface area contributed by atoms with E-state index < -0.39 is 6.04 Å². The number of nitrogens with one attached hydrogen (secondary N) is 1. The third-order valence-corrected chi connectivity index (χ3v) is 5.43. The lowest BCUT2D eigenvalue weighted by atomic mass is 10.1. The van der Waals surface area contributed by atoms with Gasteiger partial charge in [0.25, 0.3) is 0 Å². The summed E-state index contributed by atoms with van der Waals surface area (Å²) in [7, 11) is 0. The molecule has 0 heterocycles. The molecule has 0 aliphatic rings. The summed E-state index contributed by atoms with van der Waals surface area (Å²) in [5.74, 6) is 0.593. The van der Waals surface area contributed by atoms with E-state index in [1.54, 1.807) is 11.0 Å². The van der Waals surface area contributed by atoms with Gasteiger partial charge in [0.05, 0.1) is 6.61 Å². The fourth-order valence-corrected chi connectivity index (χ4v) is 3.51. The molecule has 0 saturated heterocycles. The average molecular weight is 445 g/mol. The number of hydrogen-bond acceptors (Lipinski definition) is 3. The molecular weight excluding hydrogens is 412 g/mol. The summed E-state index contributed by atoms with van der Waals surface area (Å²) >= 11 is 6.34. The molecule has 0 fully saturated rings. The van der Waals surface area contributed by atoms with Crippen molar-refractivity contribution in [1.29, 1.82) is 0 Å². The third-order valence-electron chi connectivity index (χ3n) is 5.06. The number of para-hydroxylation sites is 1. The van der Waals surface area contributed by atoms with Crippen LogP contribution in [0.25, 0.3) is 0 Å². The van der Waals surface area contributed by atoms with Crippen LogP contribution in [0, 0.1) is 0 Å². The third kappa shape index (κ3) is 8.25. The van der Waals surface area contributed by atoms with E-state index in [1.165, 1.54) is 0 Å². The lowest BCUT2D eigenvalue weighted by Crippen LogP contribution is -2.49. The Labute approximate surface area is 190 Å². The van der Waals surface area contributed by atoms with Crippen LogP contribution in [-0.4, -0.2) is 35.9 Å². The molecule has 2 aromatic carbocycles. The van der Waals surface area contributed by atoms with Gasteiger partial charge in [0.15, 0.2) is 0 Å². The SMILES string of the molecule is CCCCNC(=O)[C@H](CC)N(Cc1ccccc1Cl)C(=O)CCCOc1ccccc1. The smallest absolute Gasteiger partial charge is 0.242 e. The Balaban J connectivity index is 2.05. The first-order valence-corrected chi connectivity index (χ1v) is 11.4. The maximum atomic E-state index is 13.2. The Morgan fingerprint density at radius 2 is 1.74 bits per heavy atom. The van der Waals surface area contributed by atoms with Crippen molar-refractivity contribution in [2.24, 2.45) is 0 Å². The number of nitrogens with zero attached hydrogens (tertiary/aromatic N) is 1. The van der Waals surface area contributed by atoms with Gasteiger partial charge < -0.3 is 15.0 Å². The zero-order valence-electron chi connectivity index (χ0n) is 18.5. The Morgan fingerprint density at radius 1 is 1.03 bits per heavy atom. The molecule has 0 saturated carbocycles. The number of carbonyl (C=O) groups excluding carboxylic acids is 2. The summed E-state index contributed by atoms with van der Waals surface area (Å²) in [6, 6.07) is 16.4. The first-order chi connectivity index (χ1) is 15.1. The standard InChI is InChI=1S/C25H33ClN2O3/c1-3-5-17-27-25(30)23(4-2)28(19-20-12-9-10-15-22(20)26)24(29)16-11-18-31-21-13-7-6-8-14-21/h6-10,12-15,23H,3-5,11,16-19H2,1-2H3,(H,27,30)/t23-/m0/s1. The van der Waals surface area contributed by atoms with E-state index in [1.807, 2.05) is 55.5 Å². The van der Waals surface area contributed by atoms with Crippen LogP contribution in [0.4, 0.5) is 0 Å². The maximum Gasteiger partial charge on any atom is 0.242 e. The first kappa shape index (κ1) is 24.7. The van der Waals surface area contributed by atoms with Gasteiger partial charge in [0.2, 0.25) is 11.8 Å². The first-order valence-electron chi connectivity index (χ1n) is 11.0. The molecule has 2 aromatic rings. The summed E-state index contributed by atoms with van der Waals surface area (Å²) in [5, 5.41) is 3.56. The van der Waals surface area contributed by atoms with Crippen LogP contribution in [-0.2, 0) is 16.1 Å². The quantitative estimate of drug-likeness (QED) is 0.431. The van der Waals surface area contributed by atoms with Crippen molar-refractivity contribution in [2.75, 3.05) is 13.2 Å². The Morgan fingerprint density at radius 3 is 2.42 bits per heavy atom. The van der Waals surface area contributed by atoms with Crippen LogP contribution in [0.3, 0.4) is 0 Å². The zero-order valence-corrected chi connectivity index (χ0v) is 19.2. The van der Waals surface area contributed by atoms with Crippen molar-refractivity contribution in [1.82, 2.24) is 10.2 Å². The lowest BCUT2D eigenvalue weighted by molar-refractivity contribution is -0.141. The molecule has 0 radical (unpaired) electrons. The highest BCUT2D eigenvalue weighted by molar-refractivity contribution is 6.31. The van der Waals surface area contributed by atoms with Gasteiger partial charge in [-0.2, -0.15) is 0 Å². The van der Waals surface area contributed by atoms with E-state index in [-0.39, 0.29) is 11.8 Å². The number of halogens is 1. The van der Waals surface area contributed by atoms with Crippen LogP contribution in [0.1, 0.15) is 51.5 Å². The summed E-state index contributed by atoms with van der Waals surface area (Å²) in [5.41, 5.74) is 0.831. The van der Waals surface area contributed by atoms with E-state index in [2.05, 4.69) is 12.2 Å². The number of carbonyl (C=O) groups is 2. The molecule has 6 heteroatoms. The van der Waals surface area contributed by atoms with Gasteiger partial charge in [-0.05, 0) is 43.0 Å². The molecule has 168 valence electrons. The lowest BCUT2D eigenvalue weighted by Gasteiger charge is -2.31. The van der Waals surface area contributed by atoms with Crippen molar-refractivity contribution in [3.05, 3.63) is 65.2 Å². The highest BCUT2D eigenvalue weighted by atomic mass is 35.5. The zero-order chi connectivity index (χ0) is 22.5. The van der Waals surface area contributed by atoms with Crippen molar-refractivity contribution >= 4 is 23.4 Å². The van der Waals surface area contributed by atoms with Gasteiger partial charge in [0.1, 0.15) is 11.8 Å². The van der Waals surface area contributed by atoms with E-state index in [0.717, 1.165) is 24.2 Å². The molecule has 0 unspecified atom stereocenters. The second-order valence-electron chi connectivity index (χ2n) is 7.45. The fraction of sp³-hybridized carbons (Fsp3) is 0.440. The highest BCUT2D eigenvalue weighted by Gasteiger charge is 2.28. The second-order valence-corrected chi connectivity index (χ2v) is 7.85. The molecule has 31 heavy (non-hydrogen) atoms. The van der Waals surface area contributed by atoms with Crippen molar-refractivity contribution in [3.8, 4) is 5.75 Å². The second kappa shape index (κ2) is 13.7. The Hall–Kier alpha value is -2.53. The molecule has 0 spiro atoms. The predicted octanol–water partition coefficient (Wildman–Crippen LogP) is 5.22. The van der Waals surface area contributed by atoms with Crippen molar-refractivity contribution in [3.63, 3.8) is 0 Å². The van der Waals surface area contributed by atoms with Crippen LogP contribution < -0.4 is 10.1 Å². The van der Waals surface area contributed by atoms with Crippen LogP contribution in [0.5, 0.6) is 5.75 Å². The van der Waals surface area contributed by atoms with Crippen molar-refractivity contribution < 1.29 is 14.3 Å². The predicted molar refractivity (Wildman–Crippen MR) is 125 cm³/mol. The number of ether oxygens (including phenoxy) is 1. The van der Waals surface area contributed by atoms with E-state index >= 15 is 0 Å². The van der Waals surface area contributed by atoms with E-state index in [4.69, 9.17) is 16.3 Å². The van der Waals surface area contributed by atoms with Gasteiger partial charge in [0, 0.05) is 24.5 Å². The number of rotatable bonds is 13. The minimum atomic E-state index is -0.532. The van der Waals surface area contributed by atoms with Crippen LogP contribution in [0.15, 0.2) is 54.6 Å². The fourth-order valence-electron chi connectivity index (χ4n) is 3.31. The topological polar surface area (TPSA) is 58.6 Å². The molecule has 0 bridgehead atoms. The largest absolute Gasteiger partial charge is 0.494 e. The molecule has 0 aliphatic carbocycles. The Kier molecular flexibility index (Phi) is 10.9. The molecule has 2 amide bonds. The van der Waals surface area contributed by atoms with Crippen LogP contribution >= 0.6 is 11.6 Å². The number of amides is 2. The van der Waals surface area contributed by atoms with Gasteiger partial charge in [-0.3, -0.25) is 9.59 Å². The normalized spacial score (nSPS) is 11.6. The molecule has 5 nitrogen and oxygen atoms in total. The molecule has 1 N–H and O–H groups in total. The van der Waals surface area contributed by atoms with E-state index in [9.17, 15) is 9.59 Å². The molecule has 2 rings (SSSR count). The van der Waals surface area contributed by atoms with Gasteiger partial charge in [-0.25, -0.2) is 0 Å². The monoisotopic (exact) mass is 444 g/mol. The minimum Gasteiger partial charge on any atom is -0.494 e. The van der Waals surface area contributed by atoms with E-state index in [0.29, 0.717) is 44.0 Å². The van der Waals surface area contributed by atoms with Crippen LogP contribution in [0.2, 0.25) is 5.02 Å². The van der Waals surface area contributed by atoms with Gasteiger partial charge in [-0.15, -0.1) is 0 Å². The molecule has 1 atom stereocenters. The summed E-state index contributed by atoms with van der Waals surface area (Å²) in [6.07, 6.45) is 3.32. The van der Waals surface area contributed by atoms with Gasteiger partial charge >= 0.3 is 0 Å². The average Bonchev–Trinajstić information content (AvgIpc) is 2.78. The summed E-state index contributed by atoms with van der Waals surface area (Å²) in [6.45, 7) is 5.36. The molecule has 0 aromatic heterocycles.